The number of hydrogen-bond acceptors (Lipinski definition) is 4. The second kappa shape index (κ2) is 14.6. The molecule has 0 amide bonds. The maximum Gasteiger partial charge on any atom is 0.0530 e. The van der Waals surface area contributed by atoms with Crippen LogP contribution in [0, 0.1) is 10.8 Å². The number of unbranched alkanes of at least 4 members (excludes halogenated alkanes) is 2. The topological polar surface area (TPSA) is 74.6 Å². The van der Waals surface area contributed by atoms with Crippen molar-refractivity contribution in [2.24, 2.45) is 10.8 Å². The van der Waals surface area contributed by atoms with Crippen molar-refractivity contribution in [3.8, 4) is 0 Å². The van der Waals surface area contributed by atoms with Crippen molar-refractivity contribution < 1.29 is 18.6 Å². The Balaban J connectivity index is 1.79. The van der Waals surface area contributed by atoms with E-state index in [2.05, 4.69) is 39.8 Å². The Bertz CT molecular complexity index is 617. The first-order chi connectivity index (χ1) is 16.1. The predicted molar refractivity (Wildman–Crippen MR) is 147 cm³/mol. The van der Waals surface area contributed by atoms with Crippen molar-refractivity contribution in [1.29, 1.82) is 0 Å². The van der Waals surface area contributed by atoms with Gasteiger partial charge in [0.25, 0.3) is 0 Å². The molecule has 0 aromatic heterocycles. The lowest BCUT2D eigenvalue weighted by Crippen LogP contribution is -2.32. The van der Waals surface area contributed by atoms with Gasteiger partial charge >= 0.3 is 0 Å². The van der Waals surface area contributed by atoms with Crippen LogP contribution in [0.1, 0.15) is 118 Å². The van der Waals surface area contributed by atoms with E-state index in [0.29, 0.717) is 0 Å². The zero-order chi connectivity index (χ0) is 25.2. The normalized spacial score (nSPS) is 31.2. The summed E-state index contributed by atoms with van der Waals surface area (Å²) in [6.07, 6.45) is 19.1. The Kier molecular flexibility index (Phi) is 13.0. The Morgan fingerprint density at radius 1 is 0.676 bits per heavy atom. The summed E-state index contributed by atoms with van der Waals surface area (Å²) in [6, 6.07) is 0. The van der Waals surface area contributed by atoms with Gasteiger partial charge in [0.1, 0.15) is 0 Å². The molecule has 2 saturated heterocycles. The Hall–Kier alpha value is -0.0400. The number of rotatable bonds is 14. The molecule has 0 radical (unpaired) electrons. The van der Waals surface area contributed by atoms with E-state index in [0.717, 1.165) is 89.9 Å². The first-order valence-electron chi connectivity index (χ1n) is 13.8. The standard InChI is InChI=1S/C28H52O4S2/c1-27(2,21-29)19-7-5-11-23-13-9-15-25(33(23)31)17-18-26-16-10-14-24(34(26)32)12-6-8-20-28(3,4)22-30/h17-18,23-26,29-30H,5-16,19-22H2,1-4H3/b18-17+. The molecular weight excluding hydrogens is 464 g/mol. The van der Waals surface area contributed by atoms with Gasteiger partial charge in [-0.25, -0.2) is 0 Å². The fourth-order valence-corrected chi connectivity index (χ4v) is 9.15. The first kappa shape index (κ1) is 30.2. The minimum atomic E-state index is -0.838. The van der Waals surface area contributed by atoms with Crippen LogP contribution in [-0.2, 0) is 21.6 Å². The fourth-order valence-electron chi connectivity index (χ4n) is 5.28. The molecule has 34 heavy (non-hydrogen) atoms. The van der Waals surface area contributed by atoms with E-state index < -0.39 is 21.6 Å². The molecule has 6 heteroatoms. The quantitative estimate of drug-likeness (QED) is 0.218. The second-order valence-corrected chi connectivity index (χ2v) is 16.2. The smallest absolute Gasteiger partial charge is 0.0530 e. The lowest BCUT2D eigenvalue weighted by Gasteiger charge is -2.29. The lowest BCUT2D eigenvalue weighted by molar-refractivity contribution is 0.147. The molecule has 0 bridgehead atoms. The third-order valence-corrected chi connectivity index (χ3v) is 12.2. The van der Waals surface area contributed by atoms with Crippen LogP contribution in [0.3, 0.4) is 0 Å². The van der Waals surface area contributed by atoms with Crippen molar-refractivity contribution >= 4 is 21.6 Å². The van der Waals surface area contributed by atoms with Crippen molar-refractivity contribution in [2.45, 2.75) is 139 Å². The molecule has 6 unspecified atom stereocenters. The summed E-state index contributed by atoms with van der Waals surface area (Å²) in [5.74, 6) is 0. The molecule has 2 aliphatic rings. The maximum absolute atomic E-state index is 13.2. The van der Waals surface area contributed by atoms with Gasteiger partial charge in [0.15, 0.2) is 0 Å². The molecule has 0 saturated carbocycles. The summed E-state index contributed by atoms with van der Waals surface area (Å²) >= 11 is 0. The minimum absolute atomic E-state index is 0.0134. The van der Waals surface area contributed by atoms with E-state index in [1.807, 2.05) is 0 Å². The minimum Gasteiger partial charge on any atom is -0.396 e. The highest BCUT2D eigenvalue weighted by Gasteiger charge is 2.31. The van der Waals surface area contributed by atoms with Crippen LogP contribution in [0.2, 0.25) is 0 Å². The van der Waals surface area contributed by atoms with E-state index in [1.165, 1.54) is 0 Å². The zero-order valence-electron chi connectivity index (χ0n) is 22.3. The van der Waals surface area contributed by atoms with Crippen LogP contribution in [0.15, 0.2) is 12.2 Å². The van der Waals surface area contributed by atoms with E-state index in [-0.39, 0.29) is 45.0 Å². The molecule has 2 aliphatic heterocycles. The third-order valence-electron chi connectivity index (χ3n) is 7.94. The van der Waals surface area contributed by atoms with Gasteiger partial charge < -0.3 is 10.2 Å². The molecule has 2 rings (SSSR count). The summed E-state index contributed by atoms with van der Waals surface area (Å²) in [5, 5.41) is 19.7. The highest BCUT2D eigenvalue weighted by Crippen LogP contribution is 2.31. The highest BCUT2D eigenvalue weighted by molar-refractivity contribution is 7.86. The van der Waals surface area contributed by atoms with Crippen molar-refractivity contribution in [3.05, 3.63) is 12.2 Å². The van der Waals surface area contributed by atoms with Crippen molar-refractivity contribution in [3.63, 3.8) is 0 Å². The number of aliphatic hydroxyl groups excluding tert-OH is 2. The Morgan fingerprint density at radius 3 is 1.41 bits per heavy atom. The van der Waals surface area contributed by atoms with Gasteiger partial charge in [-0.3, -0.25) is 8.42 Å². The van der Waals surface area contributed by atoms with Crippen LogP contribution < -0.4 is 0 Å². The summed E-state index contributed by atoms with van der Waals surface area (Å²) in [6.45, 7) is 8.85. The number of hydrogen-bond donors (Lipinski definition) is 2. The SMILES string of the molecule is CC(C)(CO)CCCCC1CCCC(/C=C/C2CCCC(CCCCC(C)(C)CO)S2=O)S1=O. The molecule has 2 fully saturated rings. The third kappa shape index (κ3) is 10.1. The second-order valence-electron chi connectivity index (χ2n) is 12.4. The van der Waals surface area contributed by atoms with E-state index >= 15 is 0 Å². The Morgan fingerprint density at radius 2 is 1.06 bits per heavy atom. The van der Waals surface area contributed by atoms with Gasteiger partial charge in [-0.2, -0.15) is 0 Å². The van der Waals surface area contributed by atoms with Crippen LogP contribution in [0.25, 0.3) is 0 Å². The van der Waals surface area contributed by atoms with Gasteiger partial charge in [-0.1, -0.05) is 78.4 Å². The van der Waals surface area contributed by atoms with Gasteiger partial charge in [0.05, 0.1) is 10.5 Å². The molecule has 200 valence electrons. The van der Waals surface area contributed by atoms with Crippen molar-refractivity contribution in [2.75, 3.05) is 13.2 Å². The maximum atomic E-state index is 13.2. The lowest BCUT2D eigenvalue weighted by atomic mass is 9.88. The largest absolute Gasteiger partial charge is 0.396 e. The van der Waals surface area contributed by atoms with Crippen LogP contribution in [0.5, 0.6) is 0 Å². The van der Waals surface area contributed by atoms with E-state index in [4.69, 9.17) is 0 Å². The van der Waals surface area contributed by atoms with E-state index in [1.54, 1.807) is 0 Å². The average molecular weight is 517 g/mol. The average Bonchev–Trinajstić information content (AvgIpc) is 2.81. The van der Waals surface area contributed by atoms with E-state index in [9.17, 15) is 18.6 Å². The van der Waals surface area contributed by atoms with Crippen LogP contribution >= 0.6 is 0 Å². The molecule has 6 atom stereocenters. The van der Waals surface area contributed by atoms with Crippen molar-refractivity contribution in [1.82, 2.24) is 0 Å². The Labute approximate surface area is 214 Å². The number of aliphatic hydroxyl groups is 2. The van der Waals surface area contributed by atoms with Crippen LogP contribution in [-0.4, -0.2) is 52.8 Å². The van der Waals surface area contributed by atoms with Gasteiger partial charge in [-0.05, 0) is 62.2 Å². The molecule has 0 spiro atoms. The predicted octanol–water partition coefficient (Wildman–Crippen LogP) is 6.04. The van der Waals surface area contributed by atoms with Gasteiger partial charge in [0, 0.05) is 45.3 Å². The first-order valence-corrected chi connectivity index (χ1v) is 16.3. The van der Waals surface area contributed by atoms with Crippen LogP contribution in [0.4, 0.5) is 0 Å². The molecule has 2 heterocycles. The van der Waals surface area contributed by atoms with Gasteiger partial charge in [0.2, 0.25) is 0 Å². The molecular formula is C28H52O4S2. The molecule has 2 N–H and O–H groups in total. The zero-order valence-corrected chi connectivity index (χ0v) is 23.9. The summed E-state index contributed by atoms with van der Waals surface area (Å²) in [4.78, 5) is 0. The molecule has 4 nitrogen and oxygen atoms in total. The highest BCUT2D eigenvalue weighted by atomic mass is 32.2. The van der Waals surface area contributed by atoms with Gasteiger partial charge in [-0.15, -0.1) is 0 Å². The molecule has 0 aliphatic carbocycles. The monoisotopic (exact) mass is 516 g/mol. The molecule has 0 aromatic rings. The molecule has 0 aromatic carbocycles. The summed E-state index contributed by atoms with van der Waals surface area (Å²) in [7, 11) is -1.68. The summed E-state index contributed by atoms with van der Waals surface area (Å²) in [5.41, 5.74) is -0.0268. The fraction of sp³-hybridized carbons (Fsp3) is 0.929. The summed E-state index contributed by atoms with van der Waals surface area (Å²) < 4.78 is 26.4.